The fourth-order valence-corrected chi connectivity index (χ4v) is 3.76. The third kappa shape index (κ3) is 4.06. The van der Waals surface area contributed by atoms with Crippen LogP contribution in [0, 0.1) is 5.92 Å². The van der Waals surface area contributed by atoms with E-state index in [0.29, 0.717) is 25.4 Å². The van der Waals surface area contributed by atoms with Gasteiger partial charge in [0.2, 0.25) is 0 Å². The number of hydrogen-bond donors (Lipinski definition) is 1. The van der Waals surface area contributed by atoms with Gasteiger partial charge in [-0.25, -0.2) is 0 Å². The highest BCUT2D eigenvalue weighted by molar-refractivity contribution is 7.87. The van der Waals surface area contributed by atoms with Crippen LogP contribution in [0.25, 0.3) is 0 Å². The lowest BCUT2D eigenvalue weighted by Crippen LogP contribution is -2.47. The molecule has 1 saturated heterocycles. The number of rotatable bonds is 5. The molecule has 1 aliphatic rings. The van der Waals surface area contributed by atoms with E-state index in [2.05, 4.69) is 11.6 Å². The van der Waals surface area contributed by atoms with Gasteiger partial charge in [0.05, 0.1) is 6.26 Å². The quantitative estimate of drug-likeness (QED) is 0.897. The van der Waals surface area contributed by atoms with Crippen LogP contribution in [0.2, 0.25) is 0 Å². The Bertz CT molecular complexity index is 476. The van der Waals surface area contributed by atoms with Crippen LogP contribution in [0.3, 0.4) is 0 Å². The predicted octanol–water partition coefficient (Wildman–Crippen LogP) is 1.78. The third-order valence-electron chi connectivity index (χ3n) is 3.52. The number of nitrogens with one attached hydrogen (secondary N) is 1. The van der Waals surface area contributed by atoms with Crippen molar-refractivity contribution in [2.24, 2.45) is 5.92 Å². The summed E-state index contributed by atoms with van der Waals surface area (Å²) in [6.45, 7) is 5.25. The van der Waals surface area contributed by atoms with Gasteiger partial charge in [-0.15, -0.1) is 0 Å². The molecule has 0 spiro atoms. The van der Waals surface area contributed by atoms with Gasteiger partial charge in [0.15, 0.2) is 0 Å². The van der Waals surface area contributed by atoms with E-state index in [0.717, 1.165) is 18.6 Å². The summed E-state index contributed by atoms with van der Waals surface area (Å²) in [5, 5.41) is 0. The van der Waals surface area contributed by atoms with Gasteiger partial charge in [-0.3, -0.25) is 0 Å². The summed E-state index contributed by atoms with van der Waals surface area (Å²) in [7, 11) is -3.37. The highest BCUT2D eigenvalue weighted by Gasteiger charge is 2.27. The molecule has 1 atom stereocenters. The van der Waals surface area contributed by atoms with Crippen molar-refractivity contribution in [1.82, 2.24) is 9.03 Å². The van der Waals surface area contributed by atoms with Crippen molar-refractivity contribution in [3.63, 3.8) is 0 Å². The molecule has 1 aliphatic heterocycles. The minimum Gasteiger partial charge on any atom is -0.469 e. The van der Waals surface area contributed by atoms with Gasteiger partial charge >= 0.3 is 0 Å². The van der Waals surface area contributed by atoms with Crippen molar-refractivity contribution < 1.29 is 12.8 Å². The molecule has 1 fully saturated rings. The summed E-state index contributed by atoms with van der Waals surface area (Å²) in [4.78, 5) is 0. The molecule has 0 saturated carbocycles. The maximum Gasteiger partial charge on any atom is 0.279 e. The molecule has 6 heteroatoms. The zero-order chi connectivity index (χ0) is 13.9. The Morgan fingerprint density at radius 3 is 2.74 bits per heavy atom. The average molecular weight is 286 g/mol. The standard InChI is InChI=1S/C13H22N2O3S/c1-11-5-7-15(8-6-11)19(16,17)14-12(2)10-13-4-3-9-18-13/h3-4,9,11-12,14H,5-8,10H2,1-2H3/t12-/m1/s1. The largest absolute Gasteiger partial charge is 0.469 e. The monoisotopic (exact) mass is 286 g/mol. The minimum absolute atomic E-state index is 0.171. The topological polar surface area (TPSA) is 62.6 Å². The third-order valence-corrected chi connectivity index (χ3v) is 5.27. The van der Waals surface area contributed by atoms with Gasteiger partial charge in [0, 0.05) is 25.6 Å². The van der Waals surface area contributed by atoms with Gasteiger partial charge in [0.1, 0.15) is 5.76 Å². The van der Waals surface area contributed by atoms with Crippen LogP contribution >= 0.6 is 0 Å². The summed E-state index contributed by atoms with van der Waals surface area (Å²) < 4.78 is 33.9. The van der Waals surface area contributed by atoms with Gasteiger partial charge in [-0.1, -0.05) is 6.92 Å². The van der Waals surface area contributed by atoms with E-state index >= 15 is 0 Å². The minimum atomic E-state index is -3.37. The molecule has 2 heterocycles. The van der Waals surface area contributed by atoms with Crippen LogP contribution in [0.5, 0.6) is 0 Å². The normalized spacial score (nSPS) is 20.5. The van der Waals surface area contributed by atoms with E-state index in [1.54, 1.807) is 10.6 Å². The van der Waals surface area contributed by atoms with Crippen molar-refractivity contribution in [2.75, 3.05) is 13.1 Å². The first kappa shape index (κ1) is 14.6. The predicted molar refractivity (Wildman–Crippen MR) is 73.9 cm³/mol. The maximum absolute atomic E-state index is 12.2. The summed E-state index contributed by atoms with van der Waals surface area (Å²) in [5.74, 6) is 1.41. The van der Waals surface area contributed by atoms with Gasteiger partial charge in [0.25, 0.3) is 10.2 Å². The highest BCUT2D eigenvalue weighted by Crippen LogP contribution is 2.18. The Kier molecular flexibility index (Phi) is 4.65. The van der Waals surface area contributed by atoms with E-state index in [-0.39, 0.29) is 6.04 Å². The van der Waals surface area contributed by atoms with Crippen LogP contribution < -0.4 is 4.72 Å². The molecule has 0 aliphatic carbocycles. The Labute approximate surface area is 115 Å². The molecular weight excluding hydrogens is 264 g/mol. The zero-order valence-corrected chi connectivity index (χ0v) is 12.3. The van der Waals surface area contributed by atoms with Crippen molar-refractivity contribution in [3.05, 3.63) is 24.2 Å². The first-order chi connectivity index (χ1) is 8.97. The number of furan rings is 1. The Hall–Kier alpha value is -0.850. The highest BCUT2D eigenvalue weighted by atomic mass is 32.2. The Morgan fingerprint density at radius 1 is 1.47 bits per heavy atom. The van der Waals surface area contributed by atoms with E-state index in [1.165, 1.54) is 0 Å². The zero-order valence-electron chi connectivity index (χ0n) is 11.5. The first-order valence-electron chi connectivity index (χ1n) is 6.77. The molecule has 108 valence electrons. The average Bonchev–Trinajstić information content (AvgIpc) is 2.81. The van der Waals surface area contributed by atoms with Gasteiger partial charge < -0.3 is 4.42 Å². The molecule has 1 aromatic rings. The molecule has 0 amide bonds. The van der Waals surface area contributed by atoms with Gasteiger partial charge in [-0.05, 0) is 37.8 Å². The second-order valence-corrected chi connectivity index (χ2v) is 7.09. The van der Waals surface area contributed by atoms with Crippen molar-refractivity contribution >= 4 is 10.2 Å². The maximum atomic E-state index is 12.2. The van der Waals surface area contributed by atoms with Crippen molar-refractivity contribution in [2.45, 2.75) is 39.2 Å². The van der Waals surface area contributed by atoms with Crippen LogP contribution in [0.4, 0.5) is 0 Å². The number of hydrogen-bond acceptors (Lipinski definition) is 3. The van der Waals surface area contributed by atoms with Crippen LogP contribution in [0.15, 0.2) is 22.8 Å². The number of piperidine rings is 1. The molecule has 0 unspecified atom stereocenters. The molecule has 0 bridgehead atoms. The summed E-state index contributed by atoms with van der Waals surface area (Å²) in [6, 6.07) is 3.49. The fraction of sp³-hybridized carbons (Fsp3) is 0.692. The molecule has 5 nitrogen and oxygen atoms in total. The molecular formula is C13H22N2O3S. The second-order valence-electron chi connectivity index (χ2n) is 5.39. The van der Waals surface area contributed by atoms with Gasteiger partial charge in [-0.2, -0.15) is 17.4 Å². The smallest absolute Gasteiger partial charge is 0.279 e. The lowest BCUT2D eigenvalue weighted by atomic mass is 10.0. The molecule has 0 aromatic carbocycles. The summed E-state index contributed by atoms with van der Waals surface area (Å²) >= 11 is 0. The Balaban J connectivity index is 1.89. The fourth-order valence-electron chi connectivity index (χ4n) is 2.33. The molecule has 1 N–H and O–H groups in total. The molecule has 2 rings (SSSR count). The SMILES string of the molecule is CC1CCN(S(=O)(=O)N[C@H](C)Cc2ccco2)CC1. The van der Waals surface area contributed by atoms with E-state index in [4.69, 9.17) is 4.42 Å². The first-order valence-corrected chi connectivity index (χ1v) is 8.21. The lowest BCUT2D eigenvalue weighted by molar-refractivity contribution is 0.283. The molecule has 1 aromatic heterocycles. The van der Waals surface area contributed by atoms with E-state index in [1.807, 2.05) is 19.1 Å². The summed E-state index contributed by atoms with van der Waals surface area (Å²) in [6.07, 6.45) is 4.04. The van der Waals surface area contributed by atoms with Crippen molar-refractivity contribution in [3.8, 4) is 0 Å². The molecule has 19 heavy (non-hydrogen) atoms. The number of nitrogens with zero attached hydrogens (tertiary/aromatic N) is 1. The molecule has 0 radical (unpaired) electrons. The summed E-state index contributed by atoms with van der Waals surface area (Å²) in [5.41, 5.74) is 0. The van der Waals surface area contributed by atoms with Crippen LogP contribution in [-0.4, -0.2) is 31.9 Å². The van der Waals surface area contributed by atoms with Crippen LogP contribution in [0.1, 0.15) is 32.4 Å². The van der Waals surface area contributed by atoms with E-state index in [9.17, 15) is 8.42 Å². The van der Waals surface area contributed by atoms with Crippen LogP contribution in [-0.2, 0) is 16.6 Å². The van der Waals surface area contributed by atoms with Crippen molar-refractivity contribution in [1.29, 1.82) is 0 Å². The second kappa shape index (κ2) is 6.07. The Morgan fingerprint density at radius 2 is 2.16 bits per heavy atom. The lowest BCUT2D eigenvalue weighted by Gasteiger charge is -2.30. The van der Waals surface area contributed by atoms with E-state index < -0.39 is 10.2 Å².